The normalized spacial score (nSPS) is 20.6. The van der Waals surface area contributed by atoms with Gasteiger partial charge in [0, 0.05) is 17.9 Å². The van der Waals surface area contributed by atoms with Gasteiger partial charge in [-0.3, -0.25) is 0 Å². The van der Waals surface area contributed by atoms with Crippen LogP contribution in [-0.2, 0) is 0 Å². The average Bonchev–Trinajstić information content (AvgIpc) is 2.09. The molecular weight excluding hydrogens is 158 g/mol. The standard InChI is InChI=1S/C12H19N/c1-5-12(10(2)3)13-9-7-6-8-11(13)4/h6-9,11H,5H2,1-4H3. The molecule has 1 nitrogen and oxygen atoms in total. The van der Waals surface area contributed by atoms with Crippen LogP contribution < -0.4 is 0 Å². The molecule has 0 fully saturated rings. The van der Waals surface area contributed by atoms with E-state index in [2.05, 4.69) is 57.0 Å². The van der Waals surface area contributed by atoms with Gasteiger partial charge in [-0.2, -0.15) is 0 Å². The van der Waals surface area contributed by atoms with Crippen LogP contribution in [0.15, 0.2) is 35.7 Å². The SMILES string of the molecule is CCC(=C(C)C)N1C=CC=CC1C. The fourth-order valence-electron chi connectivity index (χ4n) is 1.73. The van der Waals surface area contributed by atoms with Gasteiger partial charge in [0.1, 0.15) is 0 Å². The van der Waals surface area contributed by atoms with Crippen LogP contribution in [0.3, 0.4) is 0 Å². The molecule has 0 aromatic carbocycles. The number of allylic oxidation sites excluding steroid dienone is 4. The van der Waals surface area contributed by atoms with E-state index in [0.717, 1.165) is 6.42 Å². The van der Waals surface area contributed by atoms with Crippen molar-refractivity contribution in [2.45, 2.75) is 40.2 Å². The summed E-state index contributed by atoms with van der Waals surface area (Å²) in [6.45, 7) is 8.79. The van der Waals surface area contributed by atoms with Crippen LogP contribution in [0.1, 0.15) is 34.1 Å². The summed E-state index contributed by atoms with van der Waals surface area (Å²) < 4.78 is 0. The minimum atomic E-state index is 0.495. The van der Waals surface area contributed by atoms with Crippen molar-refractivity contribution in [2.75, 3.05) is 0 Å². The summed E-state index contributed by atoms with van der Waals surface area (Å²) in [6.07, 6.45) is 9.69. The Morgan fingerprint density at radius 3 is 2.46 bits per heavy atom. The minimum Gasteiger partial charge on any atom is -0.345 e. The van der Waals surface area contributed by atoms with Gasteiger partial charge in [0.05, 0.1) is 0 Å². The van der Waals surface area contributed by atoms with Crippen LogP contribution in [0, 0.1) is 0 Å². The molecule has 1 unspecified atom stereocenters. The maximum Gasteiger partial charge on any atom is 0.0488 e. The second kappa shape index (κ2) is 4.31. The molecule has 0 N–H and O–H groups in total. The van der Waals surface area contributed by atoms with Gasteiger partial charge >= 0.3 is 0 Å². The van der Waals surface area contributed by atoms with E-state index in [-0.39, 0.29) is 0 Å². The molecule has 1 aliphatic heterocycles. The molecule has 1 aliphatic rings. The number of nitrogens with zero attached hydrogens (tertiary/aromatic N) is 1. The molecular formula is C12H19N. The number of rotatable bonds is 2. The number of hydrogen-bond donors (Lipinski definition) is 0. The quantitative estimate of drug-likeness (QED) is 0.624. The lowest BCUT2D eigenvalue weighted by molar-refractivity contribution is 0.395. The molecule has 1 rings (SSSR count). The lowest BCUT2D eigenvalue weighted by Crippen LogP contribution is -2.27. The van der Waals surface area contributed by atoms with E-state index in [0.29, 0.717) is 6.04 Å². The summed E-state index contributed by atoms with van der Waals surface area (Å²) in [4.78, 5) is 2.34. The van der Waals surface area contributed by atoms with Gasteiger partial charge in [-0.1, -0.05) is 24.6 Å². The highest BCUT2D eigenvalue weighted by molar-refractivity contribution is 5.21. The van der Waals surface area contributed by atoms with E-state index in [4.69, 9.17) is 0 Å². The van der Waals surface area contributed by atoms with Gasteiger partial charge < -0.3 is 4.90 Å². The molecule has 0 amide bonds. The molecule has 1 heteroatoms. The Labute approximate surface area is 81.4 Å². The molecule has 0 aromatic heterocycles. The summed E-state index contributed by atoms with van der Waals surface area (Å²) in [5.41, 5.74) is 2.85. The maximum atomic E-state index is 2.34. The largest absolute Gasteiger partial charge is 0.345 e. The zero-order chi connectivity index (χ0) is 9.84. The molecule has 13 heavy (non-hydrogen) atoms. The zero-order valence-corrected chi connectivity index (χ0v) is 9.04. The Hall–Kier alpha value is -0.980. The second-order valence-corrected chi connectivity index (χ2v) is 3.67. The van der Waals surface area contributed by atoms with Crippen LogP contribution in [0.5, 0.6) is 0 Å². The summed E-state index contributed by atoms with van der Waals surface area (Å²) in [5.74, 6) is 0. The summed E-state index contributed by atoms with van der Waals surface area (Å²) in [5, 5.41) is 0. The van der Waals surface area contributed by atoms with E-state index < -0.39 is 0 Å². The van der Waals surface area contributed by atoms with E-state index >= 15 is 0 Å². The van der Waals surface area contributed by atoms with Gasteiger partial charge in [-0.05, 0) is 33.3 Å². The smallest absolute Gasteiger partial charge is 0.0488 e. The average molecular weight is 177 g/mol. The topological polar surface area (TPSA) is 3.24 Å². The van der Waals surface area contributed by atoms with Crippen LogP contribution in [0.4, 0.5) is 0 Å². The van der Waals surface area contributed by atoms with Crippen molar-refractivity contribution < 1.29 is 0 Å². The van der Waals surface area contributed by atoms with E-state index in [1.54, 1.807) is 0 Å². The summed E-state index contributed by atoms with van der Waals surface area (Å²) in [7, 11) is 0. The highest BCUT2D eigenvalue weighted by atomic mass is 15.1. The van der Waals surface area contributed by atoms with E-state index in [9.17, 15) is 0 Å². The lowest BCUT2D eigenvalue weighted by atomic mass is 10.1. The van der Waals surface area contributed by atoms with Gasteiger partial charge in [-0.25, -0.2) is 0 Å². The molecule has 0 saturated carbocycles. The van der Waals surface area contributed by atoms with Crippen LogP contribution in [0.25, 0.3) is 0 Å². The third-order valence-corrected chi connectivity index (χ3v) is 2.41. The fraction of sp³-hybridized carbons (Fsp3) is 0.500. The molecule has 1 atom stereocenters. The molecule has 0 bridgehead atoms. The van der Waals surface area contributed by atoms with E-state index in [1.165, 1.54) is 11.3 Å². The Morgan fingerprint density at radius 1 is 1.31 bits per heavy atom. The number of hydrogen-bond acceptors (Lipinski definition) is 1. The first-order valence-electron chi connectivity index (χ1n) is 4.96. The molecule has 72 valence electrons. The van der Waals surface area contributed by atoms with Crippen molar-refractivity contribution in [3.05, 3.63) is 35.7 Å². The summed E-state index contributed by atoms with van der Waals surface area (Å²) in [6, 6.07) is 0.495. The first-order chi connectivity index (χ1) is 6.16. The highest BCUT2D eigenvalue weighted by Crippen LogP contribution is 2.20. The first kappa shape index (κ1) is 10.1. The van der Waals surface area contributed by atoms with Gasteiger partial charge in [0.15, 0.2) is 0 Å². The van der Waals surface area contributed by atoms with Crippen LogP contribution in [0.2, 0.25) is 0 Å². The molecule has 0 saturated heterocycles. The predicted molar refractivity (Wildman–Crippen MR) is 58.2 cm³/mol. The van der Waals surface area contributed by atoms with Crippen LogP contribution >= 0.6 is 0 Å². The van der Waals surface area contributed by atoms with Crippen molar-refractivity contribution in [3.8, 4) is 0 Å². The molecule has 0 radical (unpaired) electrons. The molecule has 0 spiro atoms. The lowest BCUT2D eigenvalue weighted by Gasteiger charge is -2.30. The summed E-state index contributed by atoms with van der Waals surface area (Å²) >= 11 is 0. The molecule has 0 aromatic rings. The molecule has 0 aliphatic carbocycles. The Morgan fingerprint density at radius 2 is 2.00 bits per heavy atom. The van der Waals surface area contributed by atoms with Crippen LogP contribution in [-0.4, -0.2) is 10.9 Å². The molecule has 1 heterocycles. The highest BCUT2D eigenvalue weighted by Gasteiger charge is 2.13. The fourth-order valence-corrected chi connectivity index (χ4v) is 1.73. The van der Waals surface area contributed by atoms with Gasteiger partial charge in [0.25, 0.3) is 0 Å². The second-order valence-electron chi connectivity index (χ2n) is 3.67. The Kier molecular flexibility index (Phi) is 3.35. The van der Waals surface area contributed by atoms with Crippen molar-refractivity contribution in [1.82, 2.24) is 4.90 Å². The third kappa shape index (κ3) is 2.24. The van der Waals surface area contributed by atoms with Crippen molar-refractivity contribution in [3.63, 3.8) is 0 Å². The van der Waals surface area contributed by atoms with Gasteiger partial charge in [-0.15, -0.1) is 0 Å². The zero-order valence-electron chi connectivity index (χ0n) is 9.04. The maximum absolute atomic E-state index is 2.34. The minimum absolute atomic E-state index is 0.495. The predicted octanol–water partition coefficient (Wildman–Crippen LogP) is 3.46. The Balaban J connectivity index is 2.88. The third-order valence-electron chi connectivity index (χ3n) is 2.41. The van der Waals surface area contributed by atoms with Crippen molar-refractivity contribution in [2.24, 2.45) is 0 Å². The first-order valence-corrected chi connectivity index (χ1v) is 4.96. The monoisotopic (exact) mass is 177 g/mol. The van der Waals surface area contributed by atoms with E-state index in [1.807, 2.05) is 0 Å². The Bertz CT molecular complexity index is 254. The van der Waals surface area contributed by atoms with Gasteiger partial charge in [0.2, 0.25) is 0 Å². The van der Waals surface area contributed by atoms with Crippen molar-refractivity contribution >= 4 is 0 Å². The van der Waals surface area contributed by atoms with Crippen molar-refractivity contribution in [1.29, 1.82) is 0 Å².